The third-order valence-corrected chi connectivity index (χ3v) is 6.00. The molecule has 0 spiro atoms. The minimum Gasteiger partial charge on any atom is -0.339 e. The number of halogens is 4. The molecule has 0 N–H and O–H groups in total. The van der Waals surface area contributed by atoms with E-state index in [9.17, 15) is 30.8 Å². The van der Waals surface area contributed by atoms with Crippen LogP contribution in [0.5, 0.6) is 0 Å². The number of sulfonamides is 1. The van der Waals surface area contributed by atoms with Crippen molar-refractivity contribution in [2.45, 2.75) is 10.4 Å². The van der Waals surface area contributed by atoms with E-state index >= 15 is 0 Å². The molecule has 1 aliphatic heterocycles. The number of carbonyl (C=O) groups excluding carboxylic acids is 1. The number of benzene rings is 1. The van der Waals surface area contributed by atoms with Crippen molar-refractivity contribution in [3.8, 4) is 0 Å². The van der Waals surface area contributed by atoms with Crippen molar-refractivity contribution in [2.24, 2.45) is 0 Å². The molecule has 1 aliphatic rings. The lowest BCUT2D eigenvalue weighted by Crippen LogP contribution is -2.51. The highest BCUT2D eigenvalue weighted by molar-refractivity contribution is 8.00. The van der Waals surface area contributed by atoms with E-state index in [0.717, 1.165) is 16.4 Å². The Morgan fingerprint density at radius 2 is 1.79 bits per heavy atom. The maximum absolute atomic E-state index is 13.2. The minimum atomic E-state index is -4.49. The molecule has 24 heavy (non-hydrogen) atoms. The molecule has 1 aromatic rings. The Labute approximate surface area is 140 Å². The van der Waals surface area contributed by atoms with Gasteiger partial charge in [0, 0.05) is 26.2 Å². The molecule has 0 radical (unpaired) electrons. The van der Waals surface area contributed by atoms with Crippen molar-refractivity contribution < 1.29 is 30.8 Å². The van der Waals surface area contributed by atoms with Gasteiger partial charge in [0.05, 0.1) is 10.6 Å². The van der Waals surface area contributed by atoms with Crippen molar-refractivity contribution in [2.75, 3.05) is 31.9 Å². The summed E-state index contributed by atoms with van der Waals surface area (Å²) in [4.78, 5) is 12.7. The van der Waals surface area contributed by atoms with Gasteiger partial charge in [-0.1, -0.05) is 6.07 Å². The Balaban J connectivity index is 1.96. The van der Waals surface area contributed by atoms with E-state index in [0.29, 0.717) is 0 Å². The molecule has 1 fully saturated rings. The number of alkyl halides is 3. The zero-order chi connectivity index (χ0) is 18.0. The summed E-state index contributed by atoms with van der Waals surface area (Å²) in [5.41, 5.74) is -4.49. The topological polar surface area (TPSA) is 57.7 Å². The standard InChI is InChI=1S/C13H14F4N2O3S2/c14-10-2-1-3-11(8-10)24(21,22)19-6-4-18(5-7-19)12(20)9-23-13(15,16)17/h1-3,8H,4-7,9H2. The van der Waals surface area contributed by atoms with Crippen LogP contribution in [0.15, 0.2) is 29.2 Å². The largest absolute Gasteiger partial charge is 0.442 e. The third-order valence-electron chi connectivity index (χ3n) is 3.38. The van der Waals surface area contributed by atoms with Crippen LogP contribution in [0.1, 0.15) is 0 Å². The van der Waals surface area contributed by atoms with E-state index < -0.39 is 44.8 Å². The number of piperazine rings is 1. The summed E-state index contributed by atoms with van der Waals surface area (Å²) in [5, 5.41) is 0. The summed E-state index contributed by atoms with van der Waals surface area (Å²) in [6.07, 6.45) is 0. The second kappa shape index (κ2) is 7.28. The quantitative estimate of drug-likeness (QED) is 0.742. The highest BCUT2D eigenvalue weighted by Crippen LogP contribution is 2.30. The molecule has 0 bridgehead atoms. The highest BCUT2D eigenvalue weighted by atomic mass is 32.2. The first-order valence-electron chi connectivity index (χ1n) is 6.84. The van der Waals surface area contributed by atoms with Gasteiger partial charge in [0.1, 0.15) is 5.82 Å². The molecule has 0 saturated carbocycles. The maximum Gasteiger partial charge on any atom is 0.442 e. The smallest absolute Gasteiger partial charge is 0.339 e. The van der Waals surface area contributed by atoms with Crippen LogP contribution >= 0.6 is 11.8 Å². The lowest BCUT2D eigenvalue weighted by Gasteiger charge is -2.34. The predicted molar refractivity (Wildman–Crippen MR) is 80.3 cm³/mol. The van der Waals surface area contributed by atoms with Gasteiger partial charge < -0.3 is 4.90 Å². The lowest BCUT2D eigenvalue weighted by molar-refractivity contribution is -0.129. The van der Waals surface area contributed by atoms with Gasteiger partial charge in [-0.15, -0.1) is 0 Å². The van der Waals surface area contributed by atoms with Crippen molar-refractivity contribution in [1.29, 1.82) is 0 Å². The first kappa shape index (κ1) is 19.0. The Hall–Kier alpha value is -1.33. The van der Waals surface area contributed by atoms with Crippen LogP contribution in [-0.2, 0) is 14.8 Å². The molecule has 11 heteroatoms. The molecular formula is C13H14F4N2O3S2. The lowest BCUT2D eigenvalue weighted by atomic mass is 10.3. The summed E-state index contributed by atoms with van der Waals surface area (Å²) in [7, 11) is -3.90. The van der Waals surface area contributed by atoms with Gasteiger partial charge in [0.25, 0.3) is 0 Å². The fourth-order valence-electron chi connectivity index (χ4n) is 2.19. The molecular weight excluding hydrogens is 372 g/mol. The number of nitrogens with zero attached hydrogens (tertiary/aromatic N) is 2. The van der Waals surface area contributed by atoms with Crippen LogP contribution in [0.4, 0.5) is 17.6 Å². The molecule has 1 heterocycles. The number of amides is 1. The molecule has 2 rings (SSSR count). The fraction of sp³-hybridized carbons (Fsp3) is 0.462. The molecule has 1 aromatic carbocycles. The molecule has 0 atom stereocenters. The SMILES string of the molecule is O=C(CSC(F)(F)F)N1CCN(S(=O)(=O)c2cccc(F)c2)CC1. The zero-order valence-electron chi connectivity index (χ0n) is 12.3. The van der Waals surface area contributed by atoms with Crippen LogP contribution in [0, 0.1) is 5.82 Å². The Kier molecular flexibility index (Phi) is 5.76. The van der Waals surface area contributed by atoms with Gasteiger partial charge >= 0.3 is 5.51 Å². The molecule has 134 valence electrons. The van der Waals surface area contributed by atoms with Crippen molar-refractivity contribution >= 4 is 27.7 Å². The highest BCUT2D eigenvalue weighted by Gasteiger charge is 2.33. The molecule has 1 saturated heterocycles. The average Bonchev–Trinajstić information content (AvgIpc) is 2.52. The van der Waals surface area contributed by atoms with E-state index in [-0.39, 0.29) is 31.1 Å². The van der Waals surface area contributed by atoms with E-state index in [2.05, 4.69) is 0 Å². The number of hydrogen-bond acceptors (Lipinski definition) is 4. The van der Waals surface area contributed by atoms with Crippen molar-refractivity contribution in [3.05, 3.63) is 30.1 Å². The van der Waals surface area contributed by atoms with Crippen molar-refractivity contribution in [3.63, 3.8) is 0 Å². The summed E-state index contributed by atoms with van der Waals surface area (Å²) in [6.45, 7) is -0.125. The molecule has 0 unspecified atom stereocenters. The van der Waals surface area contributed by atoms with Crippen LogP contribution in [0.2, 0.25) is 0 Å². The predicted octanol–water partition coefficient (Wildman–Crippen LogP) is 1.91. The van der Waals surface area contributed by atoms with Gasteiger partial charge in [-0.25, -0.2) is 12.8 Å². The Morgan fingerprint density at radius 1 is 1.17 bits per heavy atom. The van der Waals surface area contributed by atoms with Gasteiger partial charge in [-0.05, 0) is 30.0 Å². The van der Waals surface area contributed by atoms with Crippen molar-refractivity contribution in [1.82, 2.24) is 9.21 Å². The van der Waals surface area contributed by atoms with Gasteiger partial charge in [-0.2, -0.15) is 17.5 Å². The monoisotopic (exact) mass is 386 g/mol. The second-order valence-corrected chi connectivity index (χ2v) is 7.95. The minimum absolute atomic E-state index is 0.00814. The van der Waals surface area contributed by atoms with E-state index in [1.807, 2.05) is 0 Å². The van der Waals surface area contributed by atoms with E-state index in [4.69, 9.17) is 0 Å². The van der Waals surface area contributed by atoms with Crippen LogP contribution in [-0.4, -0.2) is 61.0 Å². The Bertz CT molecular complexity index is 701. The summed E-state index contributed by atoms with van der Waals surface area (Å²) in [6, 6.07) is 4.55. The fourth-order valence-corrected chi connectivity index (χ4v) is 4.11. The normalized spacial score (nSPS) is 17.1. The number of hydrogen-bond donors (Lipinski definition) is 0. The van der Waals surface area contributed by atoms with Crippen LogP contribution < -0.4 is 0 Å². The molecule has 0 aromatic heterocycles. The van der Waals surface area contributed by atoms with Crippen LogP contribution in [0.25, 0.3) is 0 Å². The number of thioether (sulfide) groups is 1. The maximum atomic E-state index is 13.2. The summed E-state index contributed by atoms with van der Waals surface area (Å²) in [5.74, 6) is -2.12. The zero-order valence-corrected chi connectivity index (χ0v) is 13.9. The van der Waals surface area contributed by atoms with Gasteiger partial charge in [0.15, 0.2) is 0 Å². The average molecular weight is 386 g/mol. The second-order valence-electron chi connectivity index (χ2n) is 4.98. The molecule has 5 nitrogen and oxygen atoms in total. The Morgan fingerprint density at radius 3 is 2.33 bits per heavy atom. The van der Waals surface area contributed by atoms with Gasteiger partial charge in [0.2, 0.25) is 15.9 Å². The first-order chi connectivity index (χ1) is 11.1. The number of rotatable bonds is 4. The summed E-state index contributed by atoms with van der Waals surface area (Å²) < 4.78 is 75.3. The number of carbonyl (C=O) groups is 1. The summed E-state index contributed by atoms with van der Waals surface area (Å²) >= 11 is -0.425. The van der Waals surface area contributed by atoms with Crippen LogP contribution in [0.3, 0.4) is 0 Å². The molecule has 1 amide bonds. The van der Waals surface area contributed by atoms with E-state index in [1.54, 1.807) is 0 Å². The van der Waals surface area contributed by atoms with Gasteiger partial charge in [-0.3, -0.25) is 4.79 Å². The molecule has 0 aliphatic carbocycles. The van der Waals surface area contributed by atoms with E-state index in [1.165, 1.54) is 17.0 Å². The third kappa shape index (κ3) is 4.84. The first-order valence-corrected chi connectivity index (χ1v) is 9.26.